The molecule has 0 radical (unpaired) electrons. The minimum Gasteiger partial charge on any atom is -0.396 e. The first kappa shape index (κ1) is 16.9. The molecule has 0 aliphatic carbocycles. The monoisotopic (exact) mass is 336 g/mol. The Morgan fingerprint density at radius 2 is 1.76 bits per heavy atom. The third kappa shape index (κ3) is 3.92. The van der Waals surface area contributed by atoms with Crippen LogP contribution in [0.15, 0.2) is 60.7 Å². The first-order valence-corrected chi connectivity index (χ1v) is 8.18. The van der Waals surface area contributed by atoms with Crippen molar-refractivity contribution < 1.29 is 9.90 Å². The van der Waals surface area contributed by atoms with Crippen molar-refractivity contribution in [3.63, 3.8) is 0 Å². The number of amides is 1. The molecule has 1 atom stereocenters. The van der Waals surface area contributed by atoms with Crippen molar-refractivity contribution in [1.29, 1.82) is 0 Å². The van der Waals surface area contributed by atoms with Crippen LogP contribution in [0.1, 0.15) is 24.0 Å². The van der Waals surface area contributed by atoms with Gasteiger partial charge in [-0.25, -0.2) is 9.67 Å². The number of carbonyl (C=O) groups excluding carboxylic acids is 1. The molecule has 6 heteroatoms. The van der Waals surface area contributed by atoms with Crippen LogP contribution in [0.3, 0.4) is 0 Å². The van der Waals surface area contributed by atoms with Gasteiger partial charge in [-0.15, -0.1) is 5.10 Å². The number of aromatic nitrogens is 3. The summed E-state index contributed by atoms with van der Waals surface area (Å²) < 4.78 is 1.67. The maximum atomic E-state index is 12.4. The molecule has 128 valence electrons. The van der Waals surface area contributed by atoms with E-state index in [9.17, 15) is 4.79 Å². The highest BCUT2D eigenvalue weighted by Crippen LogP contribution is 2.20. The van der Waals surface area contributed by atoms with Crippen LogP contribution in [0, 0.1) is 0 Å². The number of aliphatic hydroxyl groups is 1. The van der Waals surface area contributed by atoms with Crippen molar-refractivity contribution in [3.8, 4) is 17.1 Å². The van der Waals surface area contributed by atoms with Gasteiger partial charge >= 0.3 is 0 Å². The smallest absolute Gasteiger partial charge is 0.291 e. The summed E-state index contributed by atoms with van der Waals surface area (Å²) in [4.78, 5) is 16.9. The summed E-state index contributed by atoms with van der Waals surface area (Å²) in [6.45, 7) is 1.85. The van der Waals surface area contributed by atoms with E-state index in [-0.39, 0.29) is 24.4 Å². The molecule has 3 aromatic rings. The molecule has 2 aromatic carbocycles. The molecule has 0 saturated heterocycles. The molecule has 0 saturated carbocycles. The van der Waals surface area contributed by atoms with E-state index in [1.54, 1.807) is 4.68 Å². The van der Waals surface area contributed by atoms with Crippen molar-refractivity contribution in [2.75, 3.05) is 6.61 Å². The SMILES string of the molecule is CC(CCO)NC(=O)c1nc(-c2ccccc2)n(-c2ccccc2)n1. The lowest BCUT2D eigenvalue weighted by Crippen LogP contribution is -2.33. The molecular weight excluding hydrogens is 316 g/mol. The zero-order chi connectivity index (χ0) is 17.6. The number of nitrogens with zero attached hydrogens (tertiary/aromatic N) is 3. The minimum absolute atomic E-state index is 0.0165. The van der Waals surface area contributed by atoms with E-state index in [4.69, 9.17) is 5.11 Å². The molecule has 1 aromatic heterocycles. The highest BCUT2D eigenvalue weighted by Gasteiger charge is 2.19. The van der Waals surface area contributed by atoms with Crippen molar-refractivity contribution in [2.45, 2.75) is 19.4 Å². The van der Waals surface area contributed by atoms with Crippen LogP contribution in [0.25, 0.3) is 17.1 Å². The maximum absolute atomic E-state index is 12.4. The van der Waals surface area contributed by atoms with Gasteiger partial charge < -0.3 is 10.4 Å². The fourth-order valence-electron chi connectivity index (χ4n) is 2.49. The van der Waals surface area contributed by atoms with Crippen molar-refractivity contribution in [2.24, 2.45) is 0 Å². The van der Waals surface area contributed by atoms with Crippen LogP contribution in [0.5, 0.6) is 0 Å². The van der Waals surface area contributed by atoms with Crippen LogP contribution in [0.4, 0.5) is 0 Å². The van der Waals surface area contributed by atoms with E-state index in [0.29, 0.717) is 12.2 Å². The molecule has 0 aliphatic rings. The number of aliphatic hydroxyl groups excluding tert-OH is 1. The van der Waals surface area contributed by atoms with Crippen LogP contribution >= 0.6 is 0 Å². The van der Waals surface area contributed by atoms with E-state index < -0.39 is 0 Å². The standard InChI is InChI=1S/C19H20N4O2/c1-14(12-13-24)20-19(25)17-21-18(15-8-4-2-5-9-15)23(22-17)16-10-6-3-7-11-16/h2-11,14,24H,12-13H2,1H3,(H,20,25). The molecule has 25 heavy (non-hydrogen) atoms. The summed E-state index contributed by atoms with van der Waals surface area (Å²) in [5.41, 5.74) is 1.71. The Labute approximate surface area is 146 Å². The van der Waals surface area contributed by atoms with E-state index >= 15 is 0 Å². The van der Waals surface area contributed by atoms with Crippen molar-refractivity contribution in [1.82, 2.24) is 20.1 Å². The van der Waals surface area contributed by atoms with E-state index in [1.165, 1.54) is 0 Å². The fourth-order valence-corrected chi connectivity index (χ4v) is 2.49. The van der Waals surface area contributed by atoms with Gasteiger partial charge in [-0.05, 0) is 25.5 Å². The Hall–Kier alpha value is -2.99. The Kier molecular flexibility index (Phi) is 5.20. The number of nitrogens with one attached hydrogen (secondary N) is 1. The quantitative estimate of drug-likeness (QED) is 0.724. The average Bonchev–Trinajstić information content (AvgIpc) is 3.09. The number of rotatable bonds is 6. The number of carbonyl (C=O) groups is 1. The van der Waals surface area contributed by atoms with E-state index in [2.05, 4.69) is 15.4 Å². The third-order valence-electron chi connectivity index (χ3n) is 3.78. The topological polar surface area (TPSA) is 80.0 Å². The molecule has 0 aliphatic heterocycles. The second-order valence-electron chi connectivity index (χ2n) is 5.76. The number of benzene rings is 2. The summed E-state index contributed by atoms with van der Waals surface area (Å²) in [7, 11) is 0. The summed E-state index contributed by atoms with van der Waals surface area (Å²) in [5.74, 6) is 0.354. The van der Waals surface area contributed by atoms with Crippen molar-refractivity contribution >= 4 is 5.91 Å². The number of hydrogen-bond acceptors (Lipinski definition) is 4. The van der Waals surface area contributed by atoms with Gasteiger partial charge in [-0.1, -0.05) is 48.5 Å². The molecular formula is C19H20N4O2. The molecule has 2 N–H and O–H groups in total. The summed E-state index contributed by atoms with van der Waals surface area (Å²) in [6.07, 6.45) is 0.483. The third-order valence-corrected chi connectivity index (χ3v) is 3.78. The minimum atomic E-state index is -0.354. The van der Waals surface area contributed by atoms with Crippen LogP contribution in [0.2, 0.25) is 0 Å². The molecule has 3 rings (SSSR count). The maximum Gasteiger partial charge on any atom is 0.291 e. The van der Waals surface area contributed by atoms with Gasteiger partial charge in [0, 0.05) is 18.2 Å². The Morgan fingerprint density at radius 3 is 2.40 bits per heavy atom. The second kappa shape index (κ2) is 7.72. The van der Waals surface area contributed by atoms with Gasteiger partial charge in [0.05, 0.1) is 5.69 Å². The summed E-state index contributed by atoms with van der Waals surface area (Å²) in [6, 6.07) is 19.0. The normalized spacial score (nSPS) is 11.9. The highest BCUT2D eigenvalue weighted by molar-refractivity contribution is 5.91. The van der Waals surface area contributed by atoms with Crippen LogP contribution in [-0.2, 0) is 0 Å². The lowest BCUT2D eigenvalue weighted by molar-refractivity contribution is 0.0924. The Morgan fingerprint density at radius 1 is 1.12 bits per heavy atom. The number of hydrogen-bond donors (Lipinski definition) is 2. The Bertz CT molecular complexity index is 774. The average molecular weight is 336 g/mol. The molecule has 6 nitrogen and oxygen atoms in total. The summed E-state index contributed by atoms with van der Waals surface area (Å²) in [5, 5.41) is 16.2. The summed E-state index contributed by atoms with van der Waals surface area (Å²) >= 11 is 0. The van der Waals surface area contributed by atoms with E-state index in [1.807, 2.05) is 67.6 Å². The Balaban J connectivity index is 1.99. The molecule has 1 heterocycles. The predicted molar refractivity (Wildman–Crippen MR) is 95.4 cm³/mol. The van der Waals surface area contributed by atoms with Gasteiger partial charge in [0.25, 0.3) is 5.91 Å². The zero-order valence-corrected chi connectivity index (χ0v) is 14.0. The van der Waals surface area contributed by atoms with Crippen LogP contribution < -0.4 is 5.32 Å². The first-order valence-electron chi connectivity index (χ1n) is 8.18. The molecule has 0 fully saturated rings. The van der Waals surface area contributed by atoms with E-state index in [0.717, 1.165) is 11.3 Å². The van der Waals surface area contributed by atoms with Crippen molar-refractivity contribution in [3.05, 3.63) is 66.5 Å². The highest BCUT2D eigenvalue weighted by atomic mass is 16.3. The lowest BCUT2D eigenvalue weighted by atomic mass is 10.2. The predicted octanol–water partition coefficient (Wildman–Crippen LogP) is 2.44. The second-order valence-corrected chi connectivity index (χ2v) is 5.76. The molecule has 1 amide bonds. The first-order chi connectivity index (χ1) is 12.2. The zero-order valence-electron chi connectivity index (χ0n) is 14.0. The van der Waals surface area contributed by atoms with Gasteiger partial charge in [-0.2, -0.15) is 0 Å². The molecule has 0 spiro atoms. The lowest BCUT2D eigenvalue weighted by Gasteiger charge is -2.10. The number of para-hydroxylation sites is 1. The molecule has 1 unspecified atom stereocenters. The van der Waals surface area contributed by atoms with Gasteiger partial charge in [0.1, 0.15) is 0 Å². The van der Waals surface area contributed by atoms with Gasteiger partial charge in [0.2, 0.25) is 5.82 Å². The molecule has 0 bridgehead atoms. The van der Waals surface area contributed by atoms with Crippen LogP contribution in [-0.4, -0.2) is 38.4 Å². The fraction of sp³-hybridized carbons (Fsp3) is 0.211. The largest absolute Gasteiger partial charge is 0.396 e. The van der Waals surface area contributed by atoms with Gasteiger partial charge in [-0.3, -0.25) is 4.79 Å². The van der Waals surface area contributed by atoms with Gasteiger partial charge in [0.15, 0.2) is 5.82 Å².